The van der Waals surface area contributed by atoms with Crippen LogP contribution in [0.5, 0.6) is 46.0 Å². The molecule has 11 bridgehead atoms. The molecule has 7 aliphatic heterocycles. The molecule has 632 valence electrons. The van der Waals surface area contributed by atoms with Crippen molar-refractivity contribution in [2.45, 2.75) is 163 Å². The van der Waals surface area contributed by atoms with Gasteiger partial charge in [-0.2, -0.15) is 0 Å². The number of fused-ring (bicyclic) bond motifs is 15. The van der Waals surface area contributed by atoms with Crippen molar-refractivity contribution < 1.29 is 123 Å². The Bertz CT molecular complexity index is 5110. The fourth-order valence-electron chi connectivity index (χ4n) is 14.5. The van der Waals surface area contributed by atoms with Crippen LogP contribution in [0.1, 0.15) is 121 Å². The minimum absolute atomic E-state index is 0.0494. The number of aliphatic hydroxyl groups excluding tert-OH is 6. The van der Waals surface area contributed by atoms with Gasteiger partial charge in [0, 0.05) is 69.4 Å². The van der Waals surface area contributed by atoms with Gasteiger partial charge in [-0.1, -0.05) is 78.5 Å². The minimum atomic E-state index is -2.39. The van der Waals surface area contributed by atoms with E-state index in [1.165, 1.54) is 56.7 Å². The number of carboxylic acids is 1. The third-order valence-electron chi connectivity index (χ3n) is 20.6. The van der Waals surface area contributed by atoms with Crippen LogP contribution in [0.3, 0.4) is 0 Å². The molecule has 6 aromatic carbocycles. The normalized spacial score (nSPS) is 26.7. The number of carbonyl (C=O) groups is 9. The number of nitrogens with two attached hydrogens (primary N) is 1. The number of phenols is 3. The smallest absolute Gasteiger partial charge is 0.330 e. The van der Waals surface area contributed by atoms with Gasteiger partial charge < -0.3 is 133 Å². The Morgan fingerprint density at radius 3 is 1.94 bits per heavy atom. The molecule has 36 nitrogen and oxygen atoms in total. The second kappa shape index (κ2) is 36.4. The average Bonchev–Trinajstić information content (AvgIpc) is 0.766. The summed E-state index contributed by atoms with van der Waals surface area (Å²) in [6.45, 7) is 5.69. The Balaban J connectivity index is 1.02. The highest BCUT2D eigenvalue weighted by Gasteiger charge is 2.52. The van der Waals surface area contributed by atoms with Gasteiger partial charge in [-0.25, -0.2) is 4.79 Å². The topological polar surface area (TPSA) is 558 Å². The number of rotatable bonds is 18. The molecule has 0 saturated carbocycles. The highest BCUT2D eigenvalue weighted by Crippen LogP contribution is 2.50. The van der Waals surface area contributed by atoms with E-state index in [4.69, 9.17) is 80.6 Å². The number of anilines is 1. The number of nitrogens with one attached hydrogen (secondary N) is 9. The van der Waals surface area contributed by atoms with Crippen LogP contribution in [0.25, 0.3) is 11.1 Å². The number of primary amides is 1. The summed E-state index contributed by atoms with van der Waals surface area (Å²) >= 11 is 26.7. The van der Waals surface area contributed by atoms with Crippen molar-refractivity contribution >= 4 is 105 Å². The third kappa shape index (κ3) is 19.4. The largest absolute Gasteiger partial charge is 0.508 e. The van der Waals surface area contributed by atoms with Crippen molar-refractivity contribution in [3.63, 3.8) is 0 Å². The van der Waals surface area contributed by atoms with E-state index >= 15 is 14.4 Å². The number of halogens is 4. The molecule has 2 saturated heterocycles. The predicted molar refractivity (Wildman–Crippen MR) is 421 cm³/mol. The Kier molecular flexibility index (Phi) is 26.8. The van der Waals surface area contributed by atoms with E-state index in [9.17, 15) is 79.8 Å². The summed E-state index contributed by atoms with van der Waals surface area (Å²) in [7, 11) is 1.47. The number of likely N-dealkylation sites (N-methyl/N-ethyl adjacent to an activating group) is 1. The lowest BCUT2D eigenvalue weighted by atomic mass is 9.84. The number of ether oxygens (including phenoxy) is 6. The van der Waals surface area contributed by atoms with Crippen LogP contribution in [0.2, 0.25) is 20.1 Å². The Morgan fingerprint density at radius 2 is 1.32 bits per heavy atom. The number of amides is 8. The number of aliphatic carboxylic acids is 1. The molecule has 0 aliphatic carbocycles. The number of aromatic nitrogens is 1. The first kappa shape index (κ1) is 87.5. The standard InChI is InChI=1S/C79H83Cl4N11O25/c1-30(2)12-46(85-5)71(106)93-61-63(100)34-7-10-50(44(82)15-34)115-52-17-36-18-53(67(52)119-78-68(66(103)65(102)54(29-95)117-78)118-56-25-79(4,69(104)31(3)114-56)87-27-32-13-37(28-86-26-32)70(105)88-40-20-38(80)19-39(81)21-40)116-51-11-8-35(16-45(51)83)64(101)62-76(111)92-60(77(112)113)43-22-41(96)23-49(98)57(43)42-14-33(6-9-48(42)97)58(73(108)94-62)91-74(109)59(36)90-72(107)47(24-55(84)99)89-75(61)110/h6-11,13-23,26,28,30-31,46-47,54,56,58-66,68-69,78,85,87,95-98,100-104H,12,24-25,27,29H2,1-5H3,(H2,84,99)(H,88,105)(H,89,110)(H,90,107)(H,91,109)(H,92,111)(H,93,106)(H,94,108)(H,112,113)/t31-,46+,47+,54+,56+,58+,59?,60-,61-,62-,63-,64-,65-,66-,68-,69+,78?,79-/m1/s1. The Hall–Kier alpha value is -10.8. The van der Waals surface area contributed by atoms with Crippen molar-refractivity contribution in [1.82, 2.24) is 47.5 Å². The molecule has 1 aromatic heterocycles. The fraction of sp³-hybridized carbons (Fsp3) is 0.367. The summed E-state index contributed by atoms with van der Waals surface area (Å²) in [4.78, 5) is 136. The zero-order chi connectivity index (χ0) is 86.1. The number of aliphatic hydroxyl groups is 6. The lowest BCUT2D eigenvalue weighted by molar-refractivity contribution is -0.334. The number of aromatic hydroxyl groups is 3. The zero-order valence-corrected chi connectivity index (χ0v) is 66.6. The lowest BCUT2D eigenvalue weighted by Crippen LogP contribution is -2.65. The van der Waals surface area contributed by atoms with Crippen molar-refractivity contribution in [3.05, 3.63) is 175 Å². The lowest BCUT2D eigenvalue weighted by Gasteiger charge is -2.48. The number of hydrogen-bond acceptors (Lipinski definition) is 27. The monoisotopic (exact) mass is 1730 g/mol. The van der Waals surface area contributed by atoms with Gasteiger partial charge in [0.1, 0.15) is 89.5 Å². The quantitative estimate of drug-likeness (QED) is 0.0579. The molecule has 2 fully saturated rings. The van der Waals surface area contributed by atoms with Gasteiger partial charge >= 0.3 is 5.97 Å². The molecule has 14 rings (SSSR count). The van der Waals surface area contributed by atoms with Crippen LogP contribution in [-0.2, 0) is 59.1 Å². The van der Waals surface area contributed by atoms with Crippen LogP contribution in [0.4, 0.5) is 5.69 Å². The Morgan fingerprint density at radius 1 is 0.689 bits per heavy atom. The van der Waals surface area contributed by atoms with E-state index in [2.05, 4.69) is 52.8 Å². The van der Waals surface area contributed by atoms with Crippen LogP contribution < -0.4 is 67.8 Å². The first-order valence-corrected chi connectivity index (χ1v) is 38.5. The molecule has 2 unspecified atom stereocenters. The highest BCUT2D eigenvalue weighted by atomic mass is 35.5. The number of carboxylic acid groups (broad SMARTS) is 1. The van der Waals surface area contributed by atoms with E-state index in [1.54, 1.807) is 13.0 Å². The maximum absolute atomic E-state index is 16.2. The molecule has 0 radical (unpaired) electrons. The predicted octanol–water partition coefficient (Wildman–Crippen LogP) is 3.89. The van der Waals surface area contributed by atoms with Crippen molar-refractivity contribution in [2.24, 2.45) is 11.7 Å². The van der Waals surface area contributed by atoms with E-state index < -0.39 is 248 Å². The third-order valence-corrected chi connectivity index (χ3v) is 21.6. The molecular formula is C79H83Cl4N11O25. The van der Waals surface area contributed by atoms with Gasteiger partial charge in [-0.05, 0) is 140 Å². The van der Waals surface area contributed by atoms with E-state index in [0.29, 0.717) is 11.3 Å². The molecule has 18 atom stereocenters. The molecule has 21 N–H and O–H groups in total. The van der Waals surface area contributed by atoms with Crippen molar-refractivity contribution in [2.75, 3.05) is 19.0 Å². The van der Waals surface area contributed by atoms with Gasteiger partial charge in [-0.15, -0.1) is 0 Å². The molecule has 0 spiro atoms. The SMILES string of the molecule is CN[C@@H](CC(C)C)C(=O)N[C@H]1C(=O)N[C@@H](CC(N)=O)C(=O)NC2C(=O)N[C@@H]3C(=O)N[C@@H](C(=O)N[C@@H](C(=O)O)c4cc(O)cc(O)c4-c4cc3ccc4O)[C@H](O)c3ccc(c(Cl)c3)Oc3cc2cc(c3OC2O[C@@H](CO)[C@@H](O)[C@@H](O)[C@H]2O[C@H]2C[C@@](C)(NCc3cncc(C(=O)Nc4cc(Cl)cc(Cl)c4)c3)[C@@H](O)[C@@H](C)O2)Oc2ccc(cc2Cl)[C@H]1O. The summed E-state index contributed by atoms with van der Waals surface area (Å²) in [6, 6.07) is 5.00. The summed E-state index contributed by atoms with van der Waals surface area (Å²) in [5, 5.41) is 140. The van der Waals surface area contributed by atoms with Gasteiger partial charge in [0.2, 0.25) is 53.4 Å². The van der Waals surface area contributed by atoms with E-state index in [-0.39, 0.29) is 63.4 Å². The number of hydrogen-bond donors (Lipinski definition) is 20. The van der Waals surface area contributed by atoms with Crippen molar-refractivity contribution in [1.29, 1.82) is 0 Å². The summed E-state index contributed by atoms with van der Waals surface area (Å²) in [6.07, 6.45) is -16.6. The highest BCUT2D eigenvalue weighted by molar-refractivity contribution is 6.35. The molecule has 8 heterocycles. The van der Waals surface area contributed by atoms with Crippen LogP contribution in [0.15, 0.2) is 116 Å². The van der Waals surface area contributed by atoms with Crippen LogP contribution in [0, 0.1) is 5.92 Å². The molecule has 8 amide bonds. The molecule has 40 heteroatoms. The second-order valence-electron chi connectivity index (χ2n) is 29.7. The number of pyridine rings is 1. The fourth-order valence-corrected chi connectivity index (χ4v) is 15.5. The maximum atomic E-state index is 16.2. The average molecular weight is 1730 g/mol. The number of nitrogens with zero attached hydrogens (tertiary/aromatic N) is 1. The van der Waals surface area contributed by atoms with Gasteiger partial charge in [0.05, 0.1) is 46.9 Å². The first-order chi connectivity index (χ1) is 56.4. The van der Waals surface area contributed by atoms with E-state index in [1.807, 2.05) is 13.8 Å². The summed E-state index contributed by atoms with van der Waals surface area (Å²) in [5.41, 5.74) is 2.29. The van der Waals surface area contributed by atoms with Gasteiger partial charge in [0.15, 0.2) is 29.9 Å². The number of carbonyl (C=O) groups excluding carboxylic acids is 8. The number of phenolic OH excluding ortho intramolecular Hbond substituents is 3. The van der Waals surface area contributed by atoms with Crippen molar-refractivity contribution in [3.8, 4) is 57.1 Å². The summed E-state index contributed by atoms with van der Waals surface area (Å²) < 4.78 is 39.4. The van der Waals surface area contributed by atoms with Gasteiger partial charge in [-0.3, -0.25) is 43.3 Å². The molecule has 7 aromatic rings. The second-order valence-corrected chi connectivity index (χ2v) is 31.4. The summed E-state index contributed by atoms with van der Waals surface area (Å²) in [5.74, 6) is -16.9. The molecule has 7 aliphatic rings. The Labute approximate surface area is 696 Å². The minimum Gasteiger partial charge on any atom is -0.508 e. The van der Waals surface area contributed by atoms with Crippen LogP contribution in [-0.4, -0.2) is 202 Å². The molecular weight excluding hydrogens is 1640 g/mol. The van der Waals surface area contributed by atoms with Gasteiger partial charge in [0.25, 0.3) is 5.91 Å². The maximum Gasteiger partial charge on any atom is 0.330 e. The molecule has 119 heavy (non-hydrogen) atoms. The first-order valence-electron chi connectivity index (χ1n) is 37.0. The zero-order valence-electron chi connectivity index (χ0n) is 63.5. The van der Waals surface area contributed by atoms with Crippen LogP contribution >= 0.6 is 46.4 Å². The van der Waals surface area contributed by atoms with E-state index in [0.717, 1.165) is 66.7 Å². The number of benzene rings is 6.